The molecule has 0 N–H and O–H groups in total. The van der Waals surface area contributed by atoms with Gasteiger partial charge in [-0.2, -0.15) is 0 Å². The second kappa shape index (κ2) is 8.72. The molecule has 0 aliphatic carbocycles. The van der Waals surface area contributed by atoms with E-state index in [1.807, 2.05) is 44.2 Å². The van der Waals surface area contributed by atoms with Crippen LogP contribution in [0.2, 0.25) is 0 Å². The Morgan fingerprint density at radius 2 is 1.67 bits per heavy atom. The first kappa shape index (κ1) is 17.5. The summed E-state index contributed by atoms with van der Waals surface area (Å²) in [5, 5.41) is 0. The summed E-state index contributed by atoms with van der Waals surface area (Å²) in [5.41, 5.74) is 1.28. The predicted molar refractivity (Wildman–Crippen MR) is 88.9 cm³/mol. The maximum Gasteiger partial charge on any atom is 0.514 e. The molecule has 0 aliphatic heterocycles. The van der Waals surface area contributed by atoms with Gasteiger partial charge in [-0.05, 0) is 43.2 Å². The van der Waals surface area contributed by atoms with Crippen molar-refractivity contribution in [3.8, 4) is 5.75 Å². The fourth-order valence-corrected chi connectivity index (χ4v) is 1.84. The zero-order chi connectivity index (χ0) is 17.4. The van der Waals surface area contributed by atoms with Gasteiger partial charge in [-0.1, -0.05) is 37.3 Å². The summed E-state index contributed by atoms with van der Waals surface area (Å²) in [5.74, 6) is -0.101. The number of ether oxygens (including phenoxy) is 3. The van der Waals surface area contributed by atoms with Crippen molar-refractivity contribution in [1.29, 1.82) is 0 Å². The van der Waals surface area contributed by atoms with Gasteiger partial charge in [0.15, 0.2) is 0 Å². The smallest absolute Gasteiger partial charge is 0.459 e. The van der Waals surface area contributed by atoms with E-state index >= 15 is 0 Å². The molecule has 0 radical (unpaired) electrons. The van der Waals surface area contributed by atoms with E-state index < -0.39 is 12.1 Å². The van der Waals surface area contributed by atoms with Crippen molar-refractivity contribution < 1.29 is 23.8 Å². The van der Waals surface area contributed by atoms with Gasteiger partial charge in [0, 0.05) is 0 Å². The van der Waals surface area contributed by atoms with Crippen LogP contribution in [0.15, 0.2) is 54.6 Å². The minimum Gasteiger partial charge on any atom is -0.459 e. The quantitative estimate of drug-likeness (QED) is 0.582. The second-order valence-corrected chi connectivity index (χ2v) is 5.27. The van der Waals surface area contributed by atoms with Gasteiger partial charge in [-0.25, -0.2) is 9.59 Å². The number of hydrogen-bond acceptors (Lipinski definition) is 5. The van der Waals surface area contributed by atoms with Crippen LogP contribution < -0.4 is 4.74 Å². The molecule has 5 nitrogen and oxygen atoms in total. The Morgan fingerprint density at radius 3 is 2.29 bits per heavy atom. The summed E-state index contributed by atoms with van der Waals surface area (Å²) < 4.78 is 15.3. The Balaban J connectivity index is 1.84. The van der Waals surface area contributed by atoms with Crippen molar-refractivity contribution in [3.63, 3.8) is 0 Å². The largest absolute Gasteiger partial charge is 0.514 e. The molecule has 0 amide bonds. The van der Waals surface area contributed by atoms with E-state index in [4.69, 9.17) is 14.2 Å². The maximum absolute atomic E-state index is 11.9. The van der Waals surface area contributed by atoms with E-state index in [1.54, 1.807) is 12.1 Å². The predicted octanol–water partition coefficient (Wildman–Crippen LogP) is 4.36. The first-order valence-electron chi connectivity index (χ1n) is 7.78. The SMILES string of the molecule is CCC(C)OC(=O)c1ccc(OC(=O)OCc2ccccc2)cc1. The van der Waals surface area contributed by atoms with Gasteiger partial charge in [0.1, 0.15) is 12.4 Å². The third-order valence-corrected chi connectivity index (χ3v) is 3.37. The summed E-state index contributed by atoms with van der Waals surface area (Å²) in [4.78, 5) is 23.5. The van der Waals surface area contributed by atoms with Gasteiger partial charge in [0.25, 0.3) is 0 Å². The monoisotopic (exact) mass is 328 g/mol. The van der Waals surface area contributed by atoms with E-state index in [9.17, 15) is 9.59 Å². The summed E-state index contributed by atoms with van der Waals surface area (Å²) >= 11 is 0. The number of hydrogen-bond donors (Lipinski definition) is 0. The second-order valence-electron chi connectivity index (χ2n) is 5.27. The molecule has 1 atom stereocenters. The first-order chi connectivity index (χ1) is 11.6. The van der Waals surface area contributed by atoms with E-state index in [0.717, 1.165) is 12.0 Å². The highest BCUT2D eigenvalue weighted by molar-refractivity contribution is 5.89. The minimum absolute atomic E-state index is 0.138. The molecule has 126 valence electrons. The van der Waals surface area contributed by atoms with E-state index in [1.165, 1.54) is 12.1 Å². The fourth-order valence-electron chi connectivity index (χ4n) is 1.84. The lowest BCUT2D eigenvalue weighted by atomic mass is 10.2. The van der Waals surface area contributed by atoms with Crippen LogP contribution in [-0.4, -0.2) is 18.2 Å². The van der Waals surface area contributed by atoms with Crippen molar-refractivity contribution in [2.45, 2.75) is 33.0 Å². The molecule has 0 aromatic heterocycles. The van der Waals surface area contributed by atoms with E-state index in [-0.39, 0.29) is 12.7 Å². The zero-order valence-corrected chi connectivity index (χ0v) is 13.7. The summed E-state index contributed by atoms with van der Waals surface area (Å²) in [6.07, 6.45) is -0.185. The van der Waals surface area contributed by atoms with E-state index in [2.05, 4.69) is 0 Å². The minimum atomic E-state index is -0.797. The molecule has 2 aromatic carbocycles. The lowest BCUT2D eigenvalue weighted by molar-refractivity contribution is 0.0334. The van der Waals surface area contributed by atoms with Gasteiger partial charge >= 0.3 is 12.1 Å². The average molecular weight is 328 g/mol. The highest BCUT2D eigenvalue weighted by Crippen LogP contribution is 2.15. The standard InChI is InChI=1S/C19H20O5/c1-3-14(2)23-18(20)16-9-11-17(12-10-16)24-19(21)22-13-15-7-5-4-6-8-15/h4-12,14H,3,13H2,1-2H3. The van der Waals surface area contributed by atoms with E-state index in [0.29, 0.717) is 11.3 Å². The van der Waals surface area contributed by atoms with Crippen LogP contribution in [0.3, 0.4) is 0 Å². The topological polar surface area (TPSA) is 61.8 Å². The number of carbonyl (C=O) groups is 2. The Kier molecular flexibility index (Phi) is 6.37. The van der Waals surface area contributed by atoms with Crippen LogP contribution in [0.4, 0.5) is 4.79 Å². The Hall–Kier alpha value is -2.82. The number of esters is 1. The molecular formula is C19H20O5. The molecule has 0 spiro atoms. The Labute approximate surface area is 141 Å². The van der Waals surface area contributed by atoms with Crippen molar-refractivity contribution >= 4 is 12.1 Å². The molecule has 0 heterocycles. The highest BCUT2D eigenvalue weighted by atomic mass is 16.7. The molecule has 5 heteroatoms. The van der Waals surface area contributed by atoms with Crippen LogP contribution >= 0.6 is 0 Å². The lowest BCUT2D eigenvalue weighted by Crippen LogP contribution is -2.14. The fraction of sp³-hybridized carbons (Fsp3) is 0.263. The molecule has 0 fully saturated rings. The Morgan fingerprint density at radius 1 is 1.00 bits per heavy atom. The molecular weight excluding hydrogens is 308 g/mol. The zero-order valence-electron chi connectivity index (χ0n) is 13.7. The number of rotatable bonds is 6. The molecule has 1 unspecified atom stereocenters. The Bertz CT molecular complexity index is 664. The molecule has 2 aromatic rings. The normalized spacial score (nSPS) is 11.4. The maximum atomic E-state index is 11.9. The summed E-state index contributed by atoms with van der Waals surface area (Å²) in [6.45, 7) is 3.91. The molecule has 0 bridgehead atoms. The first-order valence-corrected chi connectivity index (χ1v) is 7.78. The van der Waals surface area contributed by atoms with Crippen molar-refractivity contribution in [3.05, 3.63) is 65.7 Å². The van der Waals surface area contributed by atoms with Crippen molar-refractivity contribution in [2.24, 2.45) is 0 Å². The van der Waals surface area contributed by atoms with Crippen LogP contribution in [0, 0.1) is 0 Å². The molecule has 2 rings (SSSR count). The highest BCUT2D eigenvalue weighted by Gasteiger charge is 2.12. The third-order valence-electron chi connectivity index (χ3n) is 3.37. The van der Waals surface area contributed by atoms with Crippen LogP contribution in [0.5, 0.6) is 5.75 Å². The van der Waals surface area contributed by atoms with Gasteiger partial charge < -0.3 is 14.2 Å². The lowest BCUT2D eigenvalue weighted by Gasteiger charge is -2.11. The molecule has 0 aliphatic rings. The van der Waals surface area contributed by atoms with Crippen LogP contribution in [-0.2, 0) is 16.1 Å². The van der Waals surface area contributed by atoms with Gasteiger partial charge in [-0.3, -0.25) is 0 Å². The third kappa shape index (κ3) is 5.43. The molecule has 24 heavy (non-hydrogen) atoms. The van der Waals surface area contributed by atoms with Gasteiger partial charge in [0.2, 0.25) is 0 Å². The average Bonchev–Trinajstić information content (AvgIpc) is 2.61. The molecule has 0 saturated carbocycles. The summed E-state index contributed by atoms with van der Waals surface area (Å²) in [7, 11) is 0. The van der Waals surface area contributed by atoms with Crippen molar-refractivity contribution in [1.82, 2.24) is 0 Å². The summed E-state index contributed by atoms with van der Waals surface area (Å²) in [6, 6.07) is 15.5. The van der Waals surface area contributed by atoms with Crippen molar-refractivity contribution in [2.75, 3.05) is 0 Å². The number of benzene rings is 2. The molecule has 0 saturated heterocycles. The van der Waals surface area contributed by atoms with Crippen LogP contribution in [0.25, 0.3) is 0 Å². The van der Waals surface area contributed by atoms with Gasteiger partial charge in [-0.15, -0.1) is 0 Å². The number of carbonyl (C=O) groups excluding carboxylic acids is 2. The van der Waals surface area contributed by atoms with Gasteiger partial charge in [0.05, 0.1) is 11.7 Å². The van der Waals surface area contributed by atoms with Crippen LogP contribution in [0.1, 0.15) is 36.2 Å².